The predicted molar refractivity (Wildman–Crippen MR) is 85.7 cm³/mol. The summed E-state index contributed by atoms with van der Waals surface area (Å²) < 4.78 is 0. The van der Waals surface area contributed by atoms with Gasteiger partial charge in [-0.2, -0.15) is 0 Å². The average molecular weight is 274 g/mol. The Balaban J connectivity index is 2.00. The lowest BCUT2D eigenvalue weighted by Gasteiger charge is -2.45. The molecule has 0 spiro atoms. The summed E-state index contributed by atoms with van der Waals surface area (Å²) in [5, 5.41) is 3.76. The summed E-state index contributed by atoms with van der Waals surface area (Å²) in [5.74, 6) is 0. The summed E-state index contributed by atoms with van der Waals surface area (Å²) in [5.41, 5.74) is 3.47. The van der Waals surface area contributed by atoms with Crippen LogP contribution >= 0.6 is 0 Å². The van der Waals surface area contributed by atoms with Gasteiger partial charge in [-0.1, -0.05) is 40.7 Å². The van der Waals surface area contributed by atoms with Crippen molar-refractivity contribution in [2.75, 3.05) is 0 Å². The summed E-state index contributed by atoms with van der Waals surface area (Å²) >= 11 is 0. The van der Waals surface area contributed by atoms with Crippen LogP contribution in [0.5, 0.6) is 0 Å². The quantitative estimate of drug-likeness (QED) is 0.883. The summed E-state index contributed by atoms with van der Waals surface area (Å²) in [6.07, 6.45) is 6.83. The second-order valence-electron chi connectivity index (χ2n) is 7.95. The van der Waals surface area contributed by atoms with Crippen LogP contribution in [0.15, 0.2) is 18.3 Å². The Bertz CT molecular complexity index is 432. The van der Waals surface area contributed by atoms with Gasteiger partial charge in [0.1, 0.15) is 0 Å². The van der Waals surface area contributed by atoms with E-state index in [1.807, 2.05) is 12.3 Å². The van der Waals surface area contributed by atoms with Gasteiger partial charge in [0, 0.05) is 18.8 Å². The number of nitrogens with zero attached hydrogens (tertiary/aromatic N) is 1. The van der Waals surface area contributed by atoms with Crippen molar-refractivity contribution in [2.24, 2.45) is 10.8 Å². The van der Waals surface area contributed by atoms with Crippen LogP contribution in [0, 0.1) is 10.8 Å². The fraction of sp³-hybridized carbons (Fsp3) is 0.722. The molecule has 0 aliphatic heterocycles. The molecule has 1 aliphatic rings. The highest BCUT2D eigenvalue weighted by Crippen LogP contribution is 2.45. The van der Waals surface area contributed by atoms with Crippen LogP contribution in [0.3, 0.4) is 0 Å². The Kier molecular flexibility index (Phi) is 4.53. The Morgan fingerprint density at radius 2 is 1.85 bits per heavy atom. The Morgan fingerprint density at radius 1 is 1.20 bits per heavy atom. The minimum Gasteiger partial charge on any atom is -0.308 e. The zero-order chi connectivity index (χ0) is 14.8. The Hall–Kier alpha value is -0.890. The molecule has 0 atom stereocenters. The monoisotopic (exact) mass is 274 g/mol. The molecule has 1 aliphatic carbocycles. The van der Waals surface area contributed by atoms with Crippen molar-refractivity contribution in [1.29, 1.82) is 0 Å². The lowest BCUT2D eigenvalue weighted by atomic mass is 9.63. The van der Waals surface area contributed by atoms with Crippen molar-refractivity contribution in [3.05, 3.63) is 29.6 Å². The van der Waals surface area contributed by atoms with Gasteiger partial charge < -0.3 is 5.32 Å². The molecule has 1 heterocycles. The van der Waals surface area contributed by atoms with Crippen LogP contribution in [0.25, 0.3) is 0 Å². The molecule has 112 valence electrons. The van der Waals surface area contributed by atoms with Crippen molar-refractivity contribution in [3.8, 4) is 0 Å². The fourth-order valence-corrected chi connectivity index (χ4v) is 4.18. The number of hydrogen-bond acceptors (Lipinski definition) is 2. The molecule has 1 fully saturated rings. The highest BCUT2D eigenvalue weighted by molar-refractivity contribution is 5.19. The van der Waals surface area contributed by atoms with Crippen molar-refractivity contribution >= 4 is 0 Å². The third-order valence-electron chi connectivity index (χ3n) is 4.48. The maximum atomic E-state index is 4.54. The van der Waals surface area contributed by atoms with Crippen molar-refractivity contribution < 1.29 is 0 Å². The van der Waals surface area contributed by atoms with Gasteiger partial charge in [0.25, 0.3) is 0 Å². The minimum absolute atomic E-state index is 0.442. The highest BCUT2D eigenvalue weighted by atomic mass is 14.9. The fourth-order valence-electron chi connectivity index (χ4n) is 4.18. The van der Waals surface area contributed by atoms with E-state index in [1.54, 1.807) is 0 Å². The summed E-state index contributed by atoms with van der Waals surface area (Å²) in [7, 11) is 0. The van der Waals surface area contributed by atoms with E-state index in [9.17, 15) is 0 Å². The first-order chi connectivity index (χ1) is 9.31. The zero-order valence-electron chi connectivity index (χ0n) is 13.8. The maximum absolute atomic E-state index is 4.54. The molecule has 0 unspecified atom stereocenters. The largest absolute Gasteiger partial charge is 0.308 e. The van der Waals surface area contributed by atoms with E-state index in [0.29, 0.717) is 16.9 Å². The predicted octanol–water partition coefficient (Wildman–Crippen LogP) is 4.34. The van der Waals surface area contributed by atoms with E-state index in [1.165, 1.54) is 30.5 Å². The van der Waals surface area contributed by atoms with Crippen LogP contribution in [-0.2, 0) is 13.0 Å². The van der Waals surface area contributed by atoms with Crippen LogP contribution in [0.2, 0.25) is 0 Å². The van der Waals surface area contributed by atoms with Crippen LogP contribution < -0.4 is 5.32 Å². The molecule has 1 aromatic heterocycles. The van der Waals surface area contributed by atoms with E-state index < -0.39 is 0 Å². The summed E-state index contributed by atoms with van der Waals surface area (Å²) in [6.45, 7) is 12.7. The first kappa shape index (κ1) is 15.5. The molecule has 1 saturated carbocycles. The molecular formula is C18H30N2. The standard InChI is InChI=1S/C18H30N2/c1-6-14-8-7-9-19-16(14)12-20-15-10-17(2,3)13-18(4,5)11-15/h7-9,15,20H,6,10-13H2,1-5H3. The molecule has 20 heavy (non-hydrogen) atoms. The first-order valence-corrected chi connectivity index (χ1v) is 7.97. The Morgan fingerprint density at radius 3 is 2.45 bits per heavy atom. The normalized spacial score (nSPS) is 21.9. The lowest BCUT2D eigenvalue weighted by Crippen LogP contribution is -2.43. The molecular weight excluding hydrogens is 244 g/mol. The topological polar surface area (TPSA) is 24.9 Å². The zero-order valence-corrected chi connectivity index (χ0v) is 13.8. The van der Waals surface area contributed by atoms with Gasteiger partial charge in [0.05, 0.1) is 5.69 Å². The maximum Gasteiger partial charge on any atom is 0.0573 e. The van der Waals surface area contributed by atoms with Crippen LogP contribution in [0.1, 0.15) is 65.1 Å². The molecule has 0 amide bonds. The smallest absolute Gasteiger partial charge is 0.0573 e. The van der Waals surface area contributed by atoms with Gasteiger partial charge in [0.15, 0.2) is 0 Å². The van der Waals surface area contributed by atoms with Gasteiger partial charge in [-0.25, -0.2) is 0 Å². The number of hydrogen-bond donors (Lipinski definition) is 1. The molecule has 2 nitrogen and oxygen atoms in total. The van der Waals surface area contributed by atoms with E-state index in [0.717, 1.165) is 13.0 Å². The molecule has 2 rings (SSSR count). The van der Waals surface area contributed by atoms with Crippen LogP contribution in [-0.4, -0.2) is 11.0 Å². The van der Waals surface area contributed by atoms with E-state index in [4.69, 9.17) is 0 Å². The highest BCUT2D eigenvalue weighted by Gasteiger charge is 2.38. The molecule has 1 aromatic rings. The molecule has 1 N–H and O–H groups in total. The SMILES string of the molecule is CCc1cccnc1CNC1CC(C)(C)CC(C)(C)C1. The van der Waals surface area contributed by atoms with Gasteiger partial charge >= 0.3 is 0 Å². The third kappa shape index (κ3) is 4.05. The number of rotatable bonds is 4. The molecule has 0 saturated heterocycles. The van der Waals surface area contributed by atoms with Crippen molar-refractivity contribution in [2.45, 2.75) is 72.9 Å². The van der Waals surface area contributed by atoms with Crippen molar-refractivity contribution in [3.63, 3.8) is 0 Å². The number of pyridine rings is 1. The van der Waals surface area contributed by atoms with Crippen molar-refractivity contribution in [1.82, 2.24) is 10.3 Å². The number of aryl methyl sites for hydroxylation is 1. The van der Waals surface area contributed by atoms with E-state index in [2.05, 4.69) is 51.0 Å². The molecule has 0 aromatic carbocycles. The van der Waals surface area contributed by atoms with Gasteiger partial charge in [-0.05, 0) is 48.1 Å². The minimum atomic E-state index is 0.442. The van der Waals surface area contributed by atoms with Gasteiger partial charge in [0.2, 0.25) is 0 Å². The van der Waals surface area contributed by atoms with E-state index in [-0.39, 0.29) is 0 Å². The van der Waals surface area contributed by atoms with E-state index >= 15 is 0 Å². The average Bonchev–Trinajstić information content (AvgIpc) is 2.33. The van der Waals surface area contributed by atoms with Crippen LogP contribution in [0.4, 0.5) is 0 Å². The third-order valence-corrected chi connectivity index (χ3v) is 4.48. The number of nitrogens with one attached hydrogen (secondary N) is 1. The second-order valence-corrected chi connectivity index (χ2v) is 7.95. The molecule has 0 bridgehead atoms. The Labute approximate surface area is 124 Å². The number of aromatic nitrogens is 1. The molecule has 2 heteroatoms. The summed E-state index contributed by atoms with van der Waals surface area (Å²) in [6, 6.07) is 4.84. The second kappa shape index (κ2) is 5.85. The molecule has 0 radical (unpaired) electrons. The first-order valence-electron chi connectivity index (χ1n) is 7.97. The summed E-state index contributed by atoms with van der Waals surface area (Å²) in [4.78, 5) is 4.54. The van der Waals surface area contributed by atoms with Gasteiger partial charge in [-0.15, -0.1) is 0 Å². The lowest BCUT2D eigenvalue weighted by molar-refractivity contribution is 0.0843. The van der Waals surface area contributed by atoms with Gasteiger partial charge in [-0.3, -0.25) is 4.98 Å².